The molecule has 0 aliphatic carbocycles. The van der Waals surface area contributed by atoms with Crippen LogP contribution in [-0.4, -0.2) is 5.78 Å². The van der Waals surface area contributed by atoms with Gasteiger partial charge in [-0.1, -0.05) is 60.4 Å². The molecule has 0 aliphatic heterocycles. The van der Waals surface area contributed by atoms with Crippen molar-refractivity contribution in [2.75, 3.05) is 0 Å². The van der Waals surface area contributed by atoms with Crippen molar-refractivity contribution in [1.82, 2.24) is 0 Å². The van der Waals surface area contributed by atoms with Gasteiger partial charge in [0.2, 0.25) is 0 Å². The summed E-state index contributed by atoms with van der Waals surface area (Å²) in [6.07, 6.45) is 0.427. The maximum Gasteiger partial charge on any atom is 0.131 e. The molecule has 2 aromatic rings. The van der Waals surface area contributed by atoms with Gasteiger partial charge in [-0.15, -0.1) is 0 Å². The van der Waals surface area contributed by atoms with Crippen LogP contribution in [0.5, 0.6) is 0 Å². The zero-order chi connectivity index (χ0) is 14.4. The molecule has 0 spiro atoms. The first-order valence-electron chi connectivity index (χ1n) is 6.73. The molecule has 0 aromatic heterocycles. The third kappa shape index (κ3) is 3.59. The summed E-state index contributed by atoms with van der Waals surface area (Å²) < 4.78 is 0. The van der Waals surface area contributed by atoms with Crippen molar-refractivity contribution in [3.63, 3.8) is 0 Å². The Morgan fingerprint density at radius 3 is 2.10 bits per heavy atom. The predicted molar refractivity (Wildman–Crippen MR) is 82.4 cm³/mol. The van der Waals surface area contributed by atoms with E-state index in [2.05, 4.69) is 11.8 Å². The Morgan fingerprint density at radius 2 is 1.55 bits per heavy atom. The van der Waals surface area contributed by atoms with Gasteiger partial charge in [-0.25, -0.2) is 0 Å². The summed E-state index contributed by atoms with van der Waals surface area (Å²) in [5.74, 6) is 6.63. The summed E-state index contributed by atoms with van der Waals surface area (Å²) in [5, 5.41) is 0. The van der Waals surface area contributed by atoms with Gasteiger partial charge in [0.1, 0.15) is 5.78 Å². The molecule has 2 rings (SSSR count). The van der Waals surface area contributed by atoms with Crippen LogP contribution in [0.1, 0.15) is 31.4 Å². The SMILES string of the molecule is CC(=O)CC(C)(C#Cc1ccccc1)c1ccccc1. The third-order valence-corrected chi connectivity index (χ3v) is 3.27. The van der Waals surface area contributed by atoms with Crippen molar-refractivity contribution in [1.29, 1.82) is 0 Å². The van der Waals surface area contributed by atoms with Crippen LogP contribution in [0.25, 0.3) is 0 Å². The molecule has 100 valence electrons. The Morgan fingerprint density at radius 1 is 1.00 bits per heavy atom. The van der Waals surface area contributed by atoms with Gasteiger partial charge in [-0.05, 0) is 31.5 Å². The molecule has 0 fully saturated rings. The second-order valence-electron chi connectivity index (χ2n) is 5.19. The van der Waals surface area contributed by atoms with Gasteiger partial charge in [-0.2, -0.15) is 0 Å². The third-order valence-electron chi connectivity index (χ3n) is 3.27. The molecular formula is C19H18O. The van der Waals surface area contributed by atoms with Crippen molar-refractivity contribution in [2.24, 2.45) is 0 Å². The molecule has 0 amide bonds. The van der Waals surface area contributed by atoms with Crippen LogP contribution in [0.4, 0.5) is 0 Å². The fourth-order valence-corrected chi connectivity index (χ4v) is 2.25. The molecule has 1 nitrogen and oxygen atoms in total. The number of benzene rings is 2. The zero-order valence-corrected chi connectivity index (χ0v) is 11.9. The number of carbonyl (C=O) groups is 1. The molecule has 20 heavy (non-hydrogen) atoms. The lowest BCUT2D eigenvalue weighted by Crippen LogP contribution is -2.23. The lowest BCUT2D eigenvalue weighted by molar-refractivity contribution is -0.117. The average Bonchev–Trinajstić information content (AvgIpc) is 2.47. The quantitative estimate of drug-likeness (QED) is 0.765. The van der Waals surface area contributed by atoms with Crippen LogP contribution in [0.15, 0.2) is 60.7 Å². The summed E-state index contributed by atoms with van der Waals surface area (Å²) in [5.41, 5.74) is 1.61. The molecule has 2 aromatic carbocycles. The van der Waals surface area contributed by atoms with Crippen LogP contribution in [0.3, 0.4) is 0 Å². The van der Waals surface area contributed by atoms with Crippen molar-refractivity contribution in [3.05, 3.63) is 71.8 Å². The summed E-state index contributed by atoms with van der Waals surface area (Å²) in [7, 11) is 0. The Bertz CT molecular complexity index is 632. The van der Waals surface area contributed by atoms with Crippen LogP contribution >= 0.6 is 0 Å². The molecule has 0 radical (unpaired) electrons. The van der Waals surface area contributed by atoms with Crippen LogP contribution < -0.4 is 0 Å². The van der Waals surface area contributed by atoms with E-state index in [1.54, 1.807) is 6.92 Å². The van der Waals surface area contributed by atoms with Gasteiger partial charge in [0.15, 0.2) is 0 Å². The summed E-state index contributed by atoms with van der Waals surface area (Å²) in [6.45, 7) is 3.64. The normalized spacial score (nSPS) is 12.9. The summed E-state index contributed by atoms with van der Waals surface area (Å²) in [4.78, 5) is 11.6. The first-order chi connectivity index (χ1) is 9.60. The second-order valence-corrected chi connectivity index (χ2v) is 5.19. The largest absolute Gasteiger partial charge is 0.300 e. The maximum absolute atomic E-state index is 11.6. The number of hydrogen-bond acceptors (Lipinski definition) is 1. The smallest absolute Gasteiger partial charge is 0.131 e. The van der Waals surface area contributed by atoms with E-state index in [4.69, 9.17) is 0 Å². The lowest BCUT2D eigenvalue weighted by atomic mass is 9.79. The highest BCUT2D eigenvalue weighted by atomic mass is 16.1. The first-order valence-corrected chi connectivity index (χ1v) is 6.73. The first kappa shape index (κ1) is 14.1. The Balaban J connectivity index is 2.39. The van der Waals surface area contributed by atoms with E-state index in [0.29, 0.717) is 6.42 Å². The molecule has 1 unspecified atom stereocenters. The maximum atomic E-state index is 11.6. The molecular weight excluding hydrogens is 244 g/mol. The number of Topliss-reactive ketones (excluding diaryl/α,β-unsaturated/α-hetero) is 1. The molecule has 1 atom stereocenters. The molecule has 0 saturated carbocycles. The van der Waals surface area contributed by atoms with Gasteiger partial charge in [0, 0.05) is 12.0 Å². The van der Waals surface area contributed by atoms with Crippen molar-refractivity contribution < 1.29 is 4.79 Å². The highest BCUT2D eigenvalue weighted by Crippen LogP contribution is 2.27. The summed E-state index contributed by atoms with van der Waals surface area (Å²) in [6, 6.07) is 19.9. The van der Waals surface area contributed by atoms with E-state index in [9.17, 15) is 4.79 Å². The summed E-state index contributed by atoms with van der Waals surface area (Å²) >= 11 is 0. The van der Waals surface area contributed by atoms with Gasteiger partial charge >= 0.3 is 0 Å². The zero-order valence-electron chi connectivity index (χ0n) is 11.9. The minimum atomic E-state index is -0.442. The molecule has 0 bridgehead atoms. The number of hydrogen-bond donors (Lipinski definition) is 0. The number of carbonyl (C=O) groups excluding carboxylic acids is 1. The molecule has 0 saturated heterocycles. The minimum Gasteiger partial charge on any atom is -0.300 e. The van der Waals surface area contributed by atoms with E-state index in [0.717, 1.165) is 11.1 Å². The van der Waals surface area contributed by atoms with Gasteiger partial charge in [0.25, 0.3) is 0 Å². The molecule has 0 heterocycles. The van der Waals surface area contributed by atoms with Crippen molar-refractivity contribution in [2.45, 2.75) is 25.7 Å². The fraction of sp³-hybridized carbons (Fsp3) is 0.211. The lowest BCUT2D eigenvalue weighted by Gasteiger charge is -2.22. The number of rotatable bonds is 3. The Labute approximate surface area is 120 Å². The minimum absolute atomic E-state index is 0.152. The number of ketones is 1. The Hall–Kier alpha value is -2.33. The monoisotopic (exact) mass is 262 g/mol. The van der Waals surface area contributed by atoms with E-state index in [1.165, 1.54) is 0 Å². The van der Waals surface area contributed by atoms with E-state index in [-0.39, 0.29) is 5.78 Å². The van der Waals surface area contributed by atoms with Crippen molar-refractivity contribution in [3.8, 4) is 11.8 Å². The Kier molecular flexibility index (Phi) is 4.38. The fourth-order valence-electron chi connectivity index (χ4n) is 2.25. The second kappa shape index (κ2) is 6.21. The van der Waals surface area contributed by atoms with Crippen LogP contribution in [0, 0.1) is 11.8 Å². The van der Waals surface area contributed by atoms with Crippen molar-refractivity contribution >= 4 is 5.78 Å². The van der Waals surface area contributed by atoms with E-state index >= 15 is 0 Å². The van der Waals surface area contributed by atoms with Gasteiger partial charge < -0.3 is 0 Å². The van der Waals surface area contributed by atoms with E-state index in [1.807, 2.05) is 67.6 Å². The molecule has 0 N–H and O–H groups in total. The van der Waals surface area contributed by atoms with Crippen LogP contribution in [-0.2, 0) is 10.2 Å². The predicted octanol–water partition coefficient (Wildman–Crippen LogP) is 3.98. The topological polar surface area (TPSA) is 17.1 Å². The molecule has 1 heteroatoms. The molecule has 0 aliphatic rings. The highest BCUT2D eigenvalue weighted by molar-refractivity contribution is 5.78. The average molecular weight is 262 g/mol. The van der Waals surface area contributed by atoms with Gasteiger partial charge in [0.05, 0.1) is 5.41 Å². The van der Waals surface area contributed by atoms with Gasteiger partial charge in [-0.3, -0.25) is 4.79 Å². The van der Waals surface area contributed by atoms with Crippen LogP contribution in [0.2, 0.25) is 0 Å². The highest BCUT2D eigenvalue weighted by Gasteiger charge is 2.25. The van der Waals surface area contributed by atoms with E-state index < -0.39 is 5.41 Å². The standard InChI is InChI=1S/C19H18O/c1-16(20)15-19(2,18-11-7-4-8-12-18)14-13-17-9-5-3-6-10-17/h3-12H,15H2,1-2H3.